The summed E-state index contributed by atoms with van der Waals surface area (Å²) in [7, 11) is 0. The van der Waals surface area contributed by atoms with Crippen LogP contribution in [0.3, 0.4) is 0 Å². The first kappa shape index (κ1) is 14.7. The number of rotatable bonds is 4. The number of aliphatic hydroxyl groups excluding tert-OH is 1. The van der Waals surface area contributed by atoms with Crippen molar-refractivity contribution in [3.8, 4) is 0 Å². The van der Waals surface area contributed by atoms with Gasteiger partial charge in [0.2, 0.25) is 0 Å². The molecule has 110 valence electrons. The number of amides is 2. The van der Waals surface area contributed by atoms with E-state index in [-0.39, 0.29) is 30.9 Å². The summed E-state index contributed by atoms with van der Waals surface area (Å²) in [5, 5.41) is 11.7. The number of halogens is 1. The Kier molecular flexibility index (Phi) is 5.29. The summed E-state index contributed by atoms with van der Waals surface area (Å²) in [6.07, 6.45) is 5.04. The van der Waals surface area contributed by atoms with Gasteiger partial charge in [-0.15, -0.1) is 0 Å². The second-order valence-electron chi connectivity index (χ2n) is 4.95. The summed E-state index contributed by atoms with van der Waals surface area (Å²) in [4.78, 5) is 17.8. The minimum Gasteiger partial charge on any atom is -0.396 e. The van der Waals surface area contributed by atoms with E-state index in [9.17, 15) is 9.18 Å². The van der Waals surface area contributed by atoms with Crippen LogP contribution < -0.4 is 5.32 Å². The summed E-state index contributed by atoms with van der Waals surface area (Å²) in [5.41, 5.74) is 0.233. The molecule has 1 unspecified atom stereocenters. The summed E-state index contributed by atoms with van der Waals surface area (Å²) in [6.45, 7) is 0.832. The number of hydrogen-bond donors (Lipinski definition) is 2. The largest absolute Gasteiger partial charge is 0.396 e. The van der Waals surface area contributed by atoms with E-state index >= 15 is 0 Å². The van der Waals surface area contributed by atoms with Gasteiger partial charge < -0.3 is 15.3 Å². The number of pyridine rings is 1. The van der Waals surface area contributed by atoms with Gasteiger partial charge in [0.25, 0.3) is 0 Å². The molecule has 2 heterocycles. The van der Waals surface area contributed by atoms with Crippen LogP contribution in [0.25, 0.3) is 0 Å². The zero-order valence-electron chi connectivity index (χ0n) is 11.4. The molecule has 2 amide bonds. The Labute approximate surface area is 117 Å². The van der Waals surface area contributed by atoms with Crippen molar-refractivity contribution in [2.24, 2.45) is 0 Å². The molecule has 1 aromatic heterocycles. The Bertz CT molecular complexity index is 454. The van der Waals surface area contributed by atoms with Crippen LogP contribution in [0.5, 0.6) is 0 Å². The van der Waals surface area contributed by atoms with Gasteiger partial charge in [-0.3, -0.25) is 4.98 Å². The fourth-order valence-corrected chi connectivity index (χ4v) is 2.53. The van der Waals surface area contributed by atoms with E-state index in [0.717, 1.165) is 19.3 Å². The number of nitrogens with one attached hydrogen (secondary N) is 1. The maximum absolute atomic E-state index is 13.4. The van der Waals surface area contributed by atoms with Crippen LogP contribution in [0.1, 0.15) is 31.4 Å². The predicted molar refractivity (Wildman–Crippen MR) is 72.5 cm³/mol. The van der Waals surface area contributed by atoms with Crippen molar-refractivity contribution in [3.63, 3.8) is 0 Å². The van der Waals surface area contributed by atoms with Crippen LogP contribution in [0.4, 0.5) is 9.18 Å². The number of carbonyl (C=O) groups excluding carboxylic acids is 1. The SMILES string of the molecule is O=C(NCc1ncccc1F)N1CCCCC1CCO. The minimum atomic E-state index is -0.418. The number of aromatic nitrogens is 1. The smallest absolute Gasteiger partial charge is 0.317 e. The molecule has 1 atom stereocenters. The fourth-order valence-electron chi connectivity index (χ4n) is 2.53. The van der Waals surface area contributed by atoms with E-state index in [1.165, 1.54) is 18.3 Å². The maximum Gasteiger partial charge on any atom is 0.317 e. The molecule has 0 radical (unpaired) electrons. The van der Waals surface area contributed by atoms with Crippen molar-refractivity contribution in [1.29, 1.82) is 0 Å². The first-order chi connectivity index (χ1) is 9.72. The highest BCUT2D eigenvalue weighted by Gasteiger charge is 2.26. The molecule has 6 heteroatoms. The van der Waals surface area contributed by atoms with E-state index in [4.69, 9.17) is 5.11 Å². The molecule has 0 saturated carbocycles. The molecule has 1 aromatic rings. The molecule has 1 fully saturated rings. The standard InChI is InChI=1S/C14H20FN3O2/c15-12-5-3-7-16-13(12)10-17-14(20)18-8-2-1-4-11(18)6-9-19/h3,5,7,11,19H,1-2,4,6,8-10H2,(H,17,20). The number of carbonyl (C=O) groups is 1. The van der Waals surface area contributed by atoms with Gasteiger partial charge in [-0.1, -0.05) is 0 Å². The molecule has 2 rings (SSSR count). The number of nitrogens with zero attached hydrogens (tertiary/aromatic N) is 2. The van der Waals surface area contributed by atoms with Crippen molar-refractivity contribution < 1.29 is 14.3 Å². The van der Waals surface area contributed by atoms with E-state index in [2.05, 4.69) is 10.3 Å². The van der Waals surface area contributed by atoms with Crippen LogP contribution in [0.15, 0.2) is 18.3 Å². The lowest BCUT2D eigenvalue weighted by Crippen LogP contribution is -2.48. The van der Waals surface area contributed by atoms with Crippen molar-refractivity contribution in [3.05, 3.63) is 29.8 Å². The van der Waals surface area contributed by atoms with Gasteiger partial charge in [0.05, 0.1) is 12.2 Å². The van der Waals surface area contributed by atoms with Crippen LogP contribution in [-0.2, 0) is 6.54 Å². The van der Waals surface area contributed by atoms with Gasteiger partial charge in [0, 0.05) is 25.4 Å². The molecule has 0 bridgehead atoms. The normalized spacial score (nSPS) is 18.9. The van der Waals surface area contributed by atoms with Crippen LogP contribution in [-0.4, -0.2) is 40.2 Å². The maximum atomic E-state index is 13.4. The molecule has 0 aliphatic carbocycles. The number of piperidine rings is 1. The Hall–Kier alpha value is -1.69. The number of urea groups is 1. The molecule has 0 aromatic carbocycles. The van der Waals surface area contributed by atoms with E-state index in [1.807, 2.05) is 0 Å². The molecule has 1 aliphatic heterocycles. The van der Waals surface area contributed by atoms with Gasteiger partial charge in [-0.25, -0.2) is 9.18 Å². The van der Waals surface area contributed by atoms with Gasteiger partial charge >= 0.3 is 6.03 Å². The Morgan fingerprint density at radius 1 is 1.55 bits per heavy atom. The van der Waals surface area contributed by atoms with Crippen LogP contribution >= 0.6 is 0 Å². The highest BCUT2D eigenvalue weighted by Crippen LogP contribution is 2.19. The van der Waals surface area contributed by atoms with Crippen LogP contribution in [0, 0.1) is 5.82 Å². The summed E-state index contributed by atoms with van der Waals surface area (Å²) in [5.74, 6) is -0.418. The first-order valence-corrected chi connectivity index (χ1v) is 6.97. The third kappa shape index (κ3) is 3.66. The van der Waals surface area contributed by atoms with Crippen molar-refractivity contribution >= 4 is 6.03 Å². The Morgan fingerprint density at radius 2 is 2.40 bits per heavy atom. The second-order valence-corrected chi connectivity index (χ2v) is 4.95. The quantitative estimate of drug-likeness (QED) is 0.882. The van der Waals surface area contributed by atoms with Crippen molar-refractivity contribution in [2.75, 3.05) is 13.2 Å². The summed E-state index contributed by atoms with van der Waals surface area (Å²) >= 11 is 0. The minimum absolute atomic E-state index is 0.0716. The third-order valence-electron chi connectivity index (χ3n) is 3.59. The summed E-state index contributed by atoms with van der Waals surface area (Å²) < 4.78 is 13.4. The number of likely N-dealkylation sites (tertiary alicyclic amines) is 1. The Morgan fingerprint density at radius 3 is 3.15 bits per heavy atom. The lowest BCUT2D eigenvalue weighted by atomic mass is 10.0. The van der Waals surface area contributed by atoms with Crippen molar-refractivity contribution in [1.82, 2.24) is 15.2 Å². The highest BCUT2D eigenvalue weighted by molar-refractivity contribution is 5.74. The molecule has 1 saturated heterocycles. The average Bonchev–Trinajstić information content (AvgIpc) is 2.47. The molecule has 2 N–H and O–H groups in total. The lowest BCUT2D eigenvalue weighted by molar-refractivity contribution is 0.131. The zero-order valence-corrected chi connectivity index (χ0v) is 11.4. The van der Waals surface area contributed by atoms with E-state index < -0.39 is 5.82 Å². The Balaban J connectivity index is 1.91. The molecule has 20 heavy (non-hydrogen) atoms. The predicted octanol–water partition coefficient (Wildman–Crippen LogP) is 1.67. The van der Waals surface area contributed by atoms with Gasteiger partial charge in [-0.2, -0.15) is 0 Å². The second kappa shape index (κ2) is 7.19. The topological polar surface area (TPSA) is 65.5 Å². The average molecular weight is 281 g/mol. The molecule has 0 spiro atoms. The monoisotopic (exact) mass is 281 g/mol. The highest BCUT2D eigenvalue weighted by atomic mass is 19.1. The molecule has 5 nitrogen and oxygen atoms in total. The van der Waals surface area contributed by atoms with Gasteiger partial charge in [-0.05, 0) is 37.8 Å². The third-order valence-corrected chi connectivity index (χ3v) is 3.59. The van der Waals surface area contributed by atoms with Crippen LogP contribution in [0.2, 0.25) is 0 Å². The zero-order chi connectivity index (χ0) is 14.4. The fraction of sp³-hybridized carbons (Fsp3) is 0.571. The van der Waals surface area contributed by atoms with Gasteiger partial charge in [0.1, 0.15) is 5.82 Å². The molecule has 1 aliphatic rings. The van der Waals surface area contributed by atoms with E-state index in [0.29, 0.717) is 13.0 Å². The number of hydrogen-bond acceptors (Lipinski definition) is 3. The van der Waals surface area contributed by atoms with Crippen molar-refractivity contribution in [2.45, 2.75) is 38.3 Å². The first-order valence-electron chi connectivity index (χ1n) is 6.97. The molecular weight excluding hydrogens is 261 g/mol. The van der Waals surface area contributed by atoms with Gasteiger partial charge in [0.15, 0.2) is 0 Å². The van der Waals surface area contributed by atoms with E-state index in [1.54, 1.807) is 4.90 Å². The lowest BCUT2D eigenvalue weighted by Gasteiger charge is -2.35. The molecular formula is C14H20FN3O2. The number of aliphatic hydroxyl groups is 1. The summed E-state index contributed by atoms with van der Waals surface area (Å²) in [6, 6.07) is 2.70.